The summed E-state index contributed by atoms with van der Waals surface area (Å²) in [6, 6.07) is 18.3. The highest BCUT2D eigenvalue weighted by atomic mass is 16.2. The van der Waals surface area contributed by atoms with Gasteiger partial charge in [0, 0.05) is 31.1 Å². The van der Waals surface area contributed by atoms with Crippen LogP contribution in [-0.4, -0.2) is 43.6 Å². The maximum Gasteiger partial charge on any atom is 0.222 e. The van der Waals surface area contributed by atoms with Crippen molar-refractivity contribution < 1.29 is 4.79 Å². The normalized spacial score (nSPS) is 16.6. The fourth-order valence-electron chi connectivity index (χ4n) is 4.84. The Morgan fingerprint density at radius 1 is 1.09 bits per heavy atom. The summed E-state index contributed by atoms with van der Waals surface area (Å²) in [6.45, 7) is 5.69. The van der Waals surface area contributed by atoms with Crippen LogP contribution in [0.1, 0.15) is 48.0 Å². The van der Waals surface area contributed by atoms with Crippen molar-refractivity contribution in [3.63, 3.8) is 0 Å². The fourth-order valence-corrected chi connectivity index (χ4v) is 4.84. The van der Waals surface area contributed by atoms with Crippen molar-refractivity contribution in [2.75, 3.05) is 13.1 Å². The third-order valence-electron chi connectivity index (χ3n) is 6.60. The van der Waals surface area contributed by atoms with Gasteiger partial charge in [0.2, 0.25) is 5.91 Å². The lowest BCUT2D eigenvalue weighted by Crippen LogP contribution is -2.39. The van der Waals surface area contributed by atoms with E-state index in [4.69, 9.17) is 10.1 Å². The number of carbonyl (C=O) groups excluding carboxylic acids is 1. The smallest absolute Gasteiger partial charge is 0.222 e. The summed E-state index contributed by atoms with van der Waals surface area (Å²) in [5, 5.41) is 4.72. The zero-order valence-electron chi connectivity index (χ0n) is 18.7. The lowest BCUT2D eigenvalue weighted by Gasteiger charge is -2.32. The van der Waals surface area contributed by atoms with E-state index in [-0.39, 0.29) is 11.8 Å². The van der Waals surface area contributed by atoms with Crippen LogP contribution >= 0.6 is 0 Å². The van der Waals surface area contributed by atoms with E-state index in [1.54, 1.807) is 0 Å². The number of para-hydroxylation sites is 3. The molecule has 1 aliphatic rings. The molecule has 1 aliphatic heterocycles. The van der Waals surface area contributed by atoms with Crippen LogP contribution < -0.4 is 0 Å². The molecule has 0 saturated carbocycles. The molecular formula is C26H29N5O. The summed E-state index contributed by atoms with van der Waals surface area (Å²) in [4.78, 5) is 23.3. The Bertz CT molecular complexity index is 1210. The second kappa shape index (κ2) is 8.61. The fraction of sp³-hybridized carbons (Fsp3) is 0.346. The average molecular weight is 428 g/mol. The van der Waals surface area contributed by atoms with E-state index in [1.165, 1.54) is 5.56 Å². The molecule has 2 aromatic heterocycles. The predicted octanol–water partition coefficient (Wildman–Crippen LogP) is 4.70. The van der Waals surface area contributed by atoms with E-state index in [0.29, 0.717) is 6.42 Å². The number of imidazole rings is 1. The number of hydrogen-bond donors (Lipinski definition) is 1. The minimum absolute atomic E-state index is 0.220. The number of fused-ring (bicyclic) bond motifs is 1. The third-order valence-corrected chi connectivity index (χ3v) is 6.60. The lowest BCUT2D eigenvalue weighted by molar-refractivity contribution is -0.132. The summed E-state index contributed by atoms with van der Waals surface area (Å²) in [6.07, 6.45) is 3.30. The van der Waals surface area contributed by atoms with Crippen LogP contribution in [0.3, 0.4) is 0 Å². The van der Waals surface area contributed by atoms with E-state index < -0.39 is 0 Å². The van der Waals surface area contributed by atoms with Gasteiger partial charge in [0.15, 0.2) is 0 Å². The molecule has 0 spiro atoms. The number of nitrogens with one attached hydrogen (secondary N) is 1. The third kappa shape index (κ3) is 3.93. The molecule has 1 unspecified atom stereocenters. The number of carbonyl (C=O) groups is 1. The first-order valence-electron chi connectivity index (χ1n) is 11.4. The highest BCUT2D eigenvalue weighted by Gasteiger charge is 2.27. The Hall–Kier alpha value is -3.41. The monoisotopic (exact) mass is 427 g/mol. The molecule has 1 N–H and O–H groups in total. The van der Waals surface area contributed by atoms with Crippen LogP contribution in [0.4, 0.5) is 0 Å². The summed E-state index contributed by atoms with van der Waals surface area (Å²) in [5.74, 6) is 1.49. The van der Waals surface area contributed by atoms with Gasteiger partial charge < -0.3 is 9.88 Å². The highest BCUT2D eigenvalue weighted by molar-refractivity contribution is 5.77. The number of aromatic amines is 1. The van der Waals surface area contributed by atoms with E-state index in [2.05, 4.69) is 30.1 Å². The molecule has 1 atom stereocenters. The molecule has 0 radical (unpaired) electrons. The van der Waals surface area contributed by atoms with Crippen LogP contribution in [0.25, 0.3) is 16.7 Å². The second-order valence-corrected chi connectivity index (χ2v) is 8.71. The first kappa shape index (κ1) is 20.5. The van der Waals surface area contributed by atoms with Crippen LogP contribution in [-0.2, 0) is 11.2 Å². The summed E-state index contributed by atoms with van der Waals surface area (Å²) >= 11 is 0. The molecule has 0 aliphatic carbocycles. The van der Waals surface area contributed by atoms with Gasteiger partial charge in [-0.15, -0.1) is 0 Å². The number of benzene rings is 2. The Balaban J connectivity index is 1.26. The van der Waals surface area contributed by atoms with Gasteiger partial charge in [-0.3, -0.25) is 4.79 Å². The van der Waals surface area contributed by atoms with Crippen molar-refractivity contribution in [1.82, 2.24) is 24.6 Å². The molecular weight excluding hydrogens is 398 g/mol. The van der Waals surface area contributed by atoms with Crippen molar-refractivity contribution in [2.24, 2.45) is 0 Å². The molecule has 0 bridgehead atoms. The number of amides is 1. The molecule has 6 heteroatoms. The minimum Gasteiger partial charge on any atom is -0.342 e. The van der Waals surface area contributed by atoms with Gasteiger partial charge in [-0.2, -0.15) is 5.10 Å². The van der Waals surface area contributed by atoms with Gasteiger partial charge in [-0.25, -0.2) is 9.67 Å². The van der Waals surface area contributed by atoms with Gasteiger partial charge >= 0.3 is 0 Å². The van der Waals surface area contributed by atoms with E-state index in [1.807, 2.05) is 52.9 Å². The Morgan fingerprint density at radius 3 is 2.69 bits per heavy atom. The Labute approximate surface area is 188 Å². The number of hydrogen-bond acceptors (Lipinski definition) is 3. The molecule has 164 valence electrons. The molecule has 6 nitrogen and oxygen atoms in total. The van der Waals surface area contributed by atoms with Crippen molar-refractivity contribution >= 4 is 16.9 Å². The summed E-state index contributed by atoms with van der Waals surface area (Å²) in [7, 11) is 0. The van der Waals surface area contributed by atoms with Crippen LogP contribution in [0, 0.1) is 13.8 Å². The van der Waals surface area contributed by atoms with E-state index >= 15 is 0 Å². The van der Waals surface area contributed by atoms with Gasteiger partial charge in [0.1, 0.15) is 5.82 Å². The Kier molecular flexibility index (Phi) is 5.52. The van der Waals surface area contributed by atoms with Gasteiger partial charge in [-0.1, -0.05) is 30.3 Å². The number of aromatic nitrogens is 4. The molecule has 2 aromatic carbocycles. The van der Waals surface area contributed by atoms with Crippen LogP contribution in [0.5, 0.6) is 0 Å². The van der Waals surface area contributed by atoms with E-state index in [9.17, 15) is 4.79 Å². The average Bonchev–Trinajstić information content (AvgIpc) is 3.39. The number of nitrogens with zero attached hydrogens (tertiary/aromatic N) is 4. The van der Waals surface area contributed by atoms with Crippen molar-refractivity contribution in [3.8, 4) is 5.69 Å². The van der Waals surface area contributed by atoms with Gasteiger partial charge in [0.25, 0.3) is 0 Å². The lowest BCUT2D eigenvalue weighted by atomic mass is 9.96. The molecule has 32 heavy (non-hydrogen) atoms. The van der Waals surface area contributed by atoms with Crippen LogP contribution in [0.2, 0.25) is 0 Å². The number of piperidine rings is 1. The highest BCUT2D eigenvalue weighted by Crippen LogP contribution is 2.27. The molecule has 5 rings (SSSR count). The molecule has 4 aromatic rings. The quantitative estimate of drug-likeness (QED) is 0.502. The maximum atomic E-state index is 13.1. The predicted molar refractivity (Wildman–Crippen MR) is 126 cm³/mol. The van der Waals surface area contributed by atoms with E-state index in [0.717, 1.165) is 66.3 Å². The standard InChI is InChI=1S/C26H29N5O/c1-18-22(19(2)31(29-18)21-10-4-3-5-11-21)14-15-25(32)30-16-8-9-20(17-30)26-27-23-12-6-7-13-24(23)28-26/h3-7,10-13,20H,8-9,14-17H2,1-2H3,(H,27,28). The van der Waals surface area contributed by atoms with Crippen molar-refractivity contribution in [3.05, 3.63) is 77.4 Å². The summed E-state index contributed by atoms with van der Waals surface area (Å²) < 4.78 is 1.98. The molecule has 1 fully saturated rings. The minimum atomic E-state index is 0.220. The maximum absolute atomic E-state index is 13.1. The number of aryl methyl sites for hydroxylation is 1. The van der Waals surface area contributed by atoms with Crippen molar-refractivity contribution in [1.29, 1.82) is 0 Å². The zero-order valence-corrected chi connectivity index (χ0v) is 18.7. The Morgan fingerprint density at radius 2 is 1.88 bits per heavy atom. The number of likely N-dealkylation sites (tertiary alicyclic amines) is 1. The topological polar surface area (TPSA) is 66.8 Å². The molecule has 1 saturated heterocycles. The van der Waals surface area contributed by atoms with Crippen molar-refractivity contribution in [2.45, 2.75) is 45.4 Å². The SMILES string of the molecule is Cc1nn(-c2ccccc2)c(C)c1CCC(=O)N1CCCC(c2nc3ccccc3[nH]2)C1. The number of rotatable bonds is 5. The number of H-pyrrole nitrogens is 1. The zero-order chi connectivity index (χ0) is 22.1. The van der Waals surface area contributed by atoms with Crippen LogP contribution in [0.15, 0.2) is 54.6 Å². The van der Waals surface area contributed by atoms with Gasteiger partial charge in [0.05, 0.1) is 22.4 Å². The molecule has 3 heterocycles. The first-order valence-corrected chi connectivity index (χ1v) is 11.4. The second-order valence-electron chi connectivity index (χ2n) is 8.71. The van der Waals surface area contributed by atoms with Gasteiger partial charge in [-0.05, 0) is 62.9 Å². The first-order chi connectivity index (χ1) is 15.6. The largest absolute Gasteiger partial charge is 0.342 e. The summed E-state index contributed by atoms with van der Waals surface area (Å²) in [5.41, 5.74) is 6.39. The molecule has 1 amide bonds.